The Bertz CT molecular complexity index is 436. The number of hydrogen-bond acceptors (Lipinski definition) is 5. The van der Waals surface area contributed by atoms with Gasteiger partial charge >= 0.3 is 6.09 Å². The van der Waals surface area contributed by atoms with E-state index in [0.29, 0.717) is 37.8 Å². The monoisotopic (exact) mass is 326 g/mol. The van der Waals surface area contributed by atoms with E-state index in [-0.39, 0.29) is 12.2 Å². The highest BCUT2D eigenvalue weighted by molar-refractivity contribution is 5.68. The lowest BCUT2D eigenvalue weighted by Gasteiger charge is -2.34. The molecule has 0 aliphatic carbocycles. The van der Waals surface area contributed by atoms with Gasteiger partial charge in [-0.3, -0.25) is 0 Å². The first-order valence-corrected chi connectivity index (χ1v) is 8.02. The second-order valence-corrected chi connectivity index (χ2v) is 6.76. The standard InChI is InChI=1S/C17H30N2O4/c1-13(18)11-14(2)21-9-6-7-15-12-19(8-10-22-15)16(20)23-17(3,4)5/h11,15H,2,6-10,12,18H2,1,3-5H3/b13-11-/t15-/m0/s1. The second-order valence-electron chi connectivity index (χ2n) is 6.76. The van der Waals surface area contributed by atoms with E-state index >= 15 is 0 Å². The van der Waals surface area contributed by atoms with Crippen molar-refractivity contribution in [3.63, 3.8) is 0 Å². The minimum Gasteiger partial charge on any atom is -0.494 e. The molecule has 0 spiro atoms. The van der Waals surface area contributed by atoms with Crippen LogP contribution in [0.2, 0.25) is 0 Å². The SMILES string of the molecule is C=C(/C=C(/C)N)OCCC[C@H]1CN(C(=O)OC(C)(C)C)CCO1. The van der Waals surface area contributed by atoms with E-state index < -0.39 is 5.60 Å². The molecule has 132 valence electrons. The van der Waals surface area contributed by atoms with E-state index in [9.17, 15) is 4.79 Å². The van der Waals surface area contributed by atoms with Crippen molar-refractivity contribution in [3.05, 3.63) is 24.1 Å². The number of carbonyl (C=O) groups is 1. The summed E-state index contributed by atoms with van der Waals surface area (Å²) in [4.78, 5) is 13.8. The van der Waals surface area contributed by atoms with Crippen LogP contribution in [0.5, 0.6) is 0 Å². The molecule has 1 aliphatic rings. The number of nitrogens with two attached hydrogens (primary N) is 1. The van der Waals surface area contributed by atoms with Gasteiger partial charge in [-0.2, -0.15) is 0 Å². The summed E-state index contributed by atoms with van der Waals surface area (Å²) >= 11 is 0. The average molecular weight is 326 g/mol. The smallest absolute Gasteiger partial charge is 0.410 e. The van der Waals surface area contributed by atoms with Crippen LogP contribution in [0.25, 0.3) is 0 Å². The molecule has 1 amide bonds. The molecule has 0 aromatic rings. The fourth-order valence-electron chi connectivity index (χ4n) is 2.20. The summed E-state index contributed by atoms with van der Waals surface area (Å²) in [6.45, 7) is 13.4. The lowest BCUT2D eigenvalue weighted by molar-refractivity contribution is -0.0462. The molecule has 23 heavy (non-hydrogen) atoms. The van der Waals surface area contributed by atoms with Gasteiger partial charge in [-0.25, -0.2) is 4.79 Å². The van der Waals surface area contributed by atoms with Crippen LogP contribution in [-0.2, 0) is 14.2 Å². The van der Waals surface area contributed by atoms with E-state index in [4.69, 9.17) is 19.9 Å². The quantitative estimate of drug-likeness (QED) is 0.461. The largest absolute Gasteiger partial charge is 0.494 e. The third-order valence-electron chi connectivity index (χ3n) is 3.14. The van der Waals surface area contributed by atoms with Crippen molar-refractivity contribution >= 4 is 6.09 Å². The van der Waals surface area contributed by atoms with Gasteiger partial charge in [0.15, 0.2) is 0 Å². The number of morpholine rings is 1. The summed E-state index contributed by atoms with van der Waals surface area (Å²) < 4.78 is 16.6. The molecule has 1 saturated heterocycles. The van der Waals surface area contributed by atoms with E-state index in [1.807, 2.05) is 20.8 Å². The van der Waals surface area contributed by atoms with Gasteiger partial charge < -0.3 is 24.8 Å². The zero-order valence-electron chi connectivity index (χ0n) is 14.8. The van der Waals surface area contributed by atoms with Crippen LogP contribution in [0.15, 0.2) is 24.1 Å². The molecule has 0 saturated carbocycles. The maximum Gasteiger partial charge on any atom is 0.410 e. The topological polar surface area (TPSA) is 74.0 Å². The van der Waals surface area contributed by atoms with Gasteiger partial charge in [-0.1, -0.05) is 6.58 Å². The van der Waals surface area contributed by atoms with Gasteiger partial charge in [0.1, 0.15) is 11.4 Å². The van der Waals surface area contributed by atoms with Crippen LogP contribution in [0.1, 0.15) is 40.5 Å². The average Bonchev–Trinajstić information content (AvgIpc) is 2.41. The summed E-state index contributed by atoms with van der Waals surface area (Å²) in [5, 5.41) is 0. The molecule has 1 atom stereocenters. The lowest BCUT2D eigenvalue weighted by Crippen LogP contribution is -2.47. The molecule has 0 radical (unpaired) electrons. The van der Waals surface area contributed by atoms with Crippen LogP contribution in [-0.4, -0.2) is 49.0 Å². The van der Waals surface area contributed by atoms with E-state index in [0.717, 1.165) is 12.8 Å². The summed E-state index contributed by atoms with van der Waals surface area (Å²) in [5.74, 6) is 0.560. The zero-order valence-corrected chi connectivity index (χ0v) is 14.8. The molecule has 0 bridgehead atoms. The molecular formula is C17H30N2O4. The van der Waals surface area contributed by atoms with Crippen molar-refractivity contribution in [2.24, 2.45) is 5.73 Å². The molecule has 0 aromatic heterocycles. The molecule has 0 unspecified atom stereocenters. The van der Waals surface area contributed by atoms with E-state index in [2.05, 4.69) is 6.58 Å². The minimum atomic E-state index is -0.478. The number of hydrogen-bond donors (Lipinski definition) is 1. The van der Waals surface area contributed by atoms with Crippen molar-refractivity contribution in [3.8, 4) is 0 Å². The van der Waals surface area contributed by atoms with Crippen molar-refractivity contribution in [1.82, 2.24) is 4.90 Å². The van der Waals surface area contributed by atoms with Gasteiger partial charge in [0, 0.05) is 12.2 Å². The van der Waals surface area contributed by atoms with Crippen LogP contribution in [0.4, 0.5) is 4.79 Å². The molecule has 1 fully saturated rings. The fourth-order valence-corrected chi connectivity index (χ4v) is 2.20. The molecular weight excluding hydrogens is 296 g/mol. The lowest BCUT2D eigenvalue weighted by atomic mass is 10.1. The van der Waals surface area contributed by atoms with Crippen LogP contribution < -0.4 is 5.73 Å². The Balaban J connectivity index is 2.29. The second kappa shape index (κ2) is 8.82. The Kier molecular flexibility index (Phi) is 7.42. The number of amides is 1. The first-order chi connectivity index (χ1) is 10.7. The van der Waals surface area contributed by atoms with Crippen LogP contribution in [0.3, 0.4) is 0 Å². The number of carbonyl (C=O) groups excluding carboxylic acids is 1. The van der Waals surface area contributed by atoms with Crippen LogP contribution in [0, 0.1) is 0 Å². The minimum absolute atomic E-state index is 0.0138. The maximum absolute atomic E-state index is 12.1. The third kappa shape index (κ3) is 8.50. The molecule has 1 heterocycles. The first-order valence-electron chi connectivity index (χ1n) is 8.02. The number of nitrogens with zero attached hydrogens (tertiary/aromatic N) is 1. The summed E-state index contributed by atoms with van der Waals surface area (Å²) in [5.41, 5.74) is 5.74. The molecule has 6 nitrogen and oxygen atoms in total. The molecule has 1 aliphatic heterocycles. The first kappa shape index (κ1) is 19.4. The normalized spacial score (nSPS) is 19.4. The molecule has 0 aromatic carbocycles. The Labute approximate surface area is 139 Å². The Morgan fingerprint density at radius 1 is 1.48 bits per heavy atom. The Morgan fingerprint density at radius 3 is 2.78 bits per heavy atom. The zero-order chi connectivity index (χ0) is 17.5. The summed E-state index contributed by atoms with van der Waals surface area (Å²) in [6.07, 6.45) is 3.07. The van der Waals surface area contributed by atoms with Gasteiger partial charge in [-0.05, 0) is 46.6 Å². The Morgan fingerprint density at radius 2 is 2.17 bits per heavy atom. The number of allylic oxidation sites excluding steroid dienone is 2. The highest BCUT2D eigenvalue weighted by atomic mass is 16.6. The van der Waals surface area contributed by atoms with E-state index in [1.54, 1.807) is 17.9 Å². The highest BCUT2D eigenvalue weighted by Crippen LogP contribution is 2.15. The number of ether oxygens (including phenoxy) is 3. The van der Waals surface area contributed by atoms with E-state index in [1.165, 1.54) is 0 Å². The predicted molar refractivity (Wildman–Crippen MR) is 89.8 cm³/mol. The summed E-state index contributed by atoms with van der Waals surface area (Å²) in [6, 6.07) is 0. The Hall–Kier alpha value is -1.69. The van der Waals surface area contributed by atoms with Crippen molar-refractivity contribution in [1.29, 1.82) is 0 Å². The molecule has 6 heteroatoms. The van der Waals surface area contributed by atoms with Crippen molar-refractivity contribution in [2.75, 3.05) is 26.3 Å². The number of rotatable bonds is 6. The fraction of sp³-hybridized carbons (Fsp3) is 0.706. The van der Waals surface area contributed by atoms with Crippen LogP contribution >= 0.6 is 0 Å². The maximum atomic E-state index is 12.1. The summed E-state index contributed by atoms with van der Waals surface area (Å²) in [7, 11) is 0. The van der Waals surface area contributed by atoms with Crippen molar-refractivity contribution in [2.45, 2.75) is 52.2 Å². The van der Waals surface area contributed by atoms with Gasteiger partial charge in [0.05, 0.1) is 25.9 Å². The van der Waals surface area contributed by atoms with Crippen molar-refractivity contribution < 1.29 is 19.0 Å². The van der Waals surface area contributed by atoms with Gasteiger partial charge in [0.25, 0.3) is 0 Å². The van der Waals surface area contributed by atoms with Gasteiger partial charge in [0.2, 0.25) is 0 Å². The molecule has 2 N–H and O–H groups in total. The van der Waals surface area contributed by atoms with Gasteiger partial charge in [-0.15, -0.1) is 0 Å². The third-order valence-corrected chi connectivity index (χ3v) is 3.14. The molecule has 1 rings (SSSR count). The highest BCUT2D eigenvalue weighted by Gasteiger charge is 2.27. The predicted octanol–water partition coefficient (Wildman–Crippen LogP) is 2.80.